The van der Waals surface area contributed by atoms with Gasteiger partial charge in [-0.05, 0) is 26.3 Å². The molecule has 0 radical (unpaired) electrons. The lowest BCUT2D eigenvalue weighted by Crippen LogP contribution is -2.25. The van der Waals surface area contributed by atoms with Crippen molar-refractivity contribution < 1.29 is 9.90 Å². The van der Waals surface area contributed by atoms with Crippen LogP contribution in [0.4, 0.5) is 0 Å². The van der Waals surface area contributed by atoms with E-state index in [1.54, 1.807) is 0 Å². The van der Waals surface area contributed by atoms with E-state index < -0.39 is 5.97 Å². The standard InChI is InChI=1S/C12H19N3O2/c1-2-15-9-10(8-13-15)11-4-3-6-14(11)7-5-12(16)17/h8-9,11H,2-7H2,1H3,(H,16,17)/t11-/m1/s1. The molecule has 0 unspecified atom stereocenters. The first-order valence-corrected chi connectivity index (χ1v) is 6.19. The number of aliphatic carboxylic acids is 1. The Kier molecular flexibility index (Phi) is 3.78. The number of aromatic nitrogens is 2. The van der Waals surface area contributed by atoms with Gasteiger partial charge in [0.15, 0.2) is 0 Å². The summed E-state index contributed by atoms with van der Waals surface area (Å²) in [5, 5.41) is 13.0. The van der Waals surface area contributed by atoms with Gasteiger partial charge in [-0.15, -0.1) is 0 Å². The van der Waals surface area contributed by atoms with Gasteiger partial charge in [0, 0.05) is 30.9 Å². The molecule has 17 heavy (non-hydrogen) atoms. The van der Waals surface area contributed by atoms with E-state index in [0.717, 1.165) is 25.9 Å². The average molecular weight is 237 g/mol. The maximum atomic E-state index is 10.6. The summed E-state index contributed by atoms with van der Waals surface area (Å²) in [6.45, 7) is 4.57. The summed E-state index contributed by atoms with van der Waals surface area (Å²) in [6.07, 6.45) is 6.45. The van der Waals surface area contributed by atoms with Crippen LogP contribution in [0, 0.1) is 0 Å². The summed E-state index contributed by atoms with van der Waals surface area (Å²) in [5.41, 5.74) is 1.22. The summed E-state index contributed by atoms with van der Waals surface area (Å²) in [4.78, 5) is 12.9. The van der Waals surface area contributed by atoms with Crippen LogP contribution < -0.4 is 0 Å². The second-order valence-corrected chi connectivity index (χ2v) is 4.47. The molecule has 5 heteroatoms. The van der Waals surface area contributed by atoms with E-state index in [1.807, 2.05) is 10.9 Å². The molecule has 2 rings (SSSR count). The van der Waals surface area contributed by atoms with Crippen molar-refractivity contribution in [2.45, 2.75) is 38.8 Å². The van der Waals surface area contributed by atoms with Crippen molar-refractivity contribution in [2.24, 2.45) is 0 Å². The van der Waals surface area contributed by atoms with Gasteiger partial charge in [-0.1, -0.05) is 0 Å². The fourth-order valence-corrected chi connectivity index (χ4v) is 2.44. The molecule has 1 aromatic heterocycles. The number of likely N-dealkylation sites (tertiary alicyclic amines) is 1. The van der Waals surface area contributed by atoms with E-state index in [1.165, 1.54) is 5.56 Å². The van der Waals surface area contributed by atoms with Crippen LogP contribution in [0.25, 0.3) is 0 Å². The van der Waals surface area contributed by atoms with Crippen LogP contribution in [0.15, 0.2) is 12.4 Å². The molecule has 1 aliphatic heterocycles. The molecule has 0 bridgehead atoms. The van der Waals surface area contributed by atoms with E-state index in [-0.39, 0.29) is 6.42 Å². The van der Waals surface area contributed by atoms with Crippen LogP contribution in [0.2, 0.25) is 0 Å². The smallest absolute Gasteiger partial charge is 0.304 e. The summed E-state index contributed by atoms with van der Waals surface area (Å²) in [6, 6.07) is 0.356. The first-order chi connectivity index (χ1) is 8.20. The highest BCUT2D eigenvalue weighted by Gasteiger charge is 2.26. The highest BCUT2D eigenvalue weighted by molar-refractivity contribution is 5.66. The largest absolute Gasteiger partial charge is 0.481 e. The molecule has 5 nitrogen and oxygen atoms in total. The molecule has 1 aromatic rings. The molecular weight excluding hydrogens is 218 g/mol. The average Bonchev–Trinajstić information content (AvgIpc) is 2.94. The molecule has 0 aliphatic carbocycles. The lowest BCUT2D eigenvalue weighted by Gasteiger charge is -2.22. The van der Waals surface area contributed by atoms with E-state index in [0.29, 0.717) is 12.6 Å². The number of hydrogen-bond acceptors (Lipinski definition) is 3. The normalized spacial score (nSPS) is 20.9. The van der Waals surface area contributed by atoms with Gasteiger partial charge in [0.05, 0.1) is 12.6 Å². The number of hydrogen-bond donors (Lipinski definition) is 1. The Morgan fingerprint density at radius 1 is 1.65 bits per heavy atom. The second-order valence-electron chi connectivity index (χ2n) is 4.47. The summed E-state index contributed by atoms with van der Waals surface area (Å²) >= 11 is 0. The summed E-state index contributed by atoms with van der Waals surface area (Å²) in [5.74, 6) is -0.722. The van der Waals surface area contributed by atoms with Crippen LogP contribution >= 0.6 is 0 Å². The Balaban J connectivity index is 2.00. The third kappa shape index (κ3) is 2.85. The van der Waals surface area contributed by atoms with Crippen molar-refractivity contribution in [1.29, 1.82) is 0 Å². The maximum absolute atomic E-state index is 10.6. The van der Waals surface area contributed by atoms with Gasteiger partial charge in [-0.3, -0.25) is 14.4 Å². The van der Waals surface area contributed by atoms with Crippen LogP contribution in [0.1, 0.15) is 37.8 Å². The zero-order chi connectivity index (χ0) is 12.3. The van der Waals surface area contributed by atoms with Crippen molar-refractivity contribution in [3.8, 4) is 0 Å². The fraction of sp³-hybridized carbons (Fsp3) is 0.667. The van der Waals surface area contributed by atoms with Crippen molar-refractivity contribution in [3.63, 3.8) is 0 Å². The highest BCUT2D eigenvalue weighted by atomic mass is 16.4. The number of aryl methyl sites for hydroxylation is 1. The molecule has 1 saturated heterocycles. The molecule has 0 spiro atoms. The third-order valence-corrected chi connectivity index (χ3v) is 3.34. The topological polar surface area (TPSA) is 58.4 Å². The van der Waals surface area contributed by atoms with Gasteiger partial charge in [-0.25, -0.2) is 0 Å². The number of nitrogens with zero attached hydrogens (tertiary/aromatic N) is 3. The quantitative estimate of drug-likeness (QED) is 0.843. The minimum Gasteiger partial charge on any atom is -0.481 e. The van der Waals surface area contributed by atoms with Gasteiger partial charge < -0.3 is 5.11 Å². The first kappa shape index (κ1) is 12.1. The second kappa shape index (κ2) is 5.31. The minimum absolute atomic E-state index is 0.221. The lowest BCUT2D eigenvalue weighted by molar-refractivity contribution is -0.137. The molecule has 2 heterocycles. The van der Waals surface area contributed by atoms with Crippen molar-refractivity contribution >= 4 is 5.97 Å². The van der Waals surface area contributed by atoms with E-state index >= 15 is 0 Å². The summed E-state index contributed by atoms with van der Waals surface area (Å²) < 4.78 is 1.92. The molecule has 0 saturated carbocycles. The van der Waals surface area contributed by atoms with Crippen LogP contribution in [-0.2, 0) is 11.3 Å². The van der Waals surface area contributed by atoms with Crippen molar-refractivity contribution in [2.75, 3.05) is 13.1 Å². The predicted molar refractivity (Wildman–Crippen MR) is 63.7 cm³/mol. The van der Waals surface area contributed by atoms with E-state index in [9.17, 15) is 4.79 Å². The molecule has 1 N–H and O–H groups in total. The Bertz CT molecular complexity index is 389. The van der Waals surface area contributed by atoms with Crippen LogP contribution in [-0.4, -0.2) is 38.8 Å². The highest BCUT2D eigenvalue weighted by Crippen LogP contribution is 2.31. The number of carboxylic acids is 1. The third-order valence-electron chi connectivity index (χ3n) is 3.34. The Hall–Kier alpha value is -1.36. The van der Waals surface area contributed by atoms with Gasteiger partial charge in [0.1, 0.15) is 0 Å². The minimum atomic E-state index is -0.722. The number of rotatable bonds is 5. The summed E-state index contributed by atoms with van der Waals surface area (Å²) in [7, 11) is 0. The van der Waals surface area contributed by atoms with Gasteiger partial charge in [0.25, 0.3) is 0 Å². The first-order valence-electron chi connectivity index (χ1n) is 6.19. The Morgan fingerprint density at radius 3 is 3.12 bits per heavy atom. The molecule has 1 atom stereocenters. The Morgan fingerprint density at radius 2 is 2.47 bits per heavy atom. The van der Waals surface area contributed by atoms with Crippen LogP contribution in [0.3, 0.4) is 0 Å². The van der Waals surface area contributed by atoms with Crippen molar-refractivity contribution in [1.82, 2.24) is 14.7 Å². The van der Waals surface area contributed by atoms with E-state index in [4.69, 9.17) is 5.11 Å². The zero-order valence-corrected chi connectivity index (χ0v) is 10.2. The molecule has 0 aromatic carbocycles. The Labute approximate surface area is 101 Å². The van der Waals surface area contributed by atoms with Crippen molar-refractivity contribution in [3.05, 3.63) is 18.0 Å². The molecular formula is C12H19N3O2. The molecule has 1 aliphatic rings. The number of carboxylic acid groups (broad SMARTS) is 1. The van der Waals surface area contributed by atoms with Gasteiger partial charge >= 0.3 is 5.97 Å². The van der Waals surface area contributed by atoms with Gasteiger partial charge in [-0.2, -0.15) is 5.10 Å². The SMILES string of the molecule is CCn1cc([C@H]2CCCN2CCC(=O)O)cn1. The maximum Gasteiger partial charge on any atom is 0.304 e. The lowest BCUT2D eigenvalue weighted by atomic mass is 10.1. The number of carbonyl (C=O) groups is 1. The van der Waals surface area contributed by atoms with Crippen LogP contribution in [0.5, 0.6) is 0 Å². The molecule has 1 fully saturated rings. The molecule has 0 amide bonds. The predicted octanol–water partition coefficient (Wildman–Crippen LogP) is 1.51. The zero-order valence-electron chi connectivity index (χ0n) is 10.2. The monoisotopic (exact) mass is 237 g/mol. The molecule has 94 valence electrons. The van der Waals surface area contributed by atoms with E-state index in [2.05, 4.69) is 23.1 Å². The van der Waals surface area contributed by atoms with Gasteiger partial charge in [0.2, 0.25) is 0 Å². The fourth-order valence-electron chi connectivity index (χ4n) is 2.44.